The number of hydrogen-bond acceptors (Lipinski definition) is 8. The fraction of sp³-hybridized carbons (Fsp3) is 0.550. The van der Waals surface area contributed by atoms with Crippen LogP contribution in [0.15, 0.2) is 24.3 Å². The van der Waals surface area contributed by atoms with E-state index in [2.05, 4.69) is 10.2 Å². The zero-order chi connectivity index (χ0) is 21.1. The Morgan fingerprint density at radius 3 is 2.38 bits per heavy atom. The molecular weight excluding hydrogens is 380 g/mol. The molecule has 0 amide bonds. The van der Waals surface area contributed by atoms with Gasteiger partial charge in [-0.25, -0.2) is 0 Å². The Kier molecular flexibility index (Phi) is 6.76. The molecule has 5 atom stereocenters. The maximum Gasteiger partial charge on any atom is 0.238 e. The second-order valence-electron chi connectivity index (χ2n) is 7.42. The summed E-state index contributed by atoms with van der Waals surface area (Å²) in [5, 5.41) is 46.7. The van der Waals surface area contributed by atoms with Gasteiger partial charge in [0.25, 0.3) is 0 Å². The second-order valence-corrected chi connectivity index (χ2v) is 7.42. The highest BCUT2D eigenvalue weighted by Crippen LogP contribution is 2.31. The summed E-state index contributed by atoms with van der Waals surface area (Å²) in [6.07, 6.45) is -6.28. The zero-order valence-electron chi connectivity index (χ0n) is 16.6. The normalized spacial score (nSPS) is 27.2. The largest absolute Gasteiger partial charge is 0.497 e. The van der Waals surface area contributed by atoms with Gasteiger partial charge in [0.15, 0.2) is 0 Å². The van der Waals surface area contributed by atoms with Crippen molar-refractivity contribution in [2.24, 2.45) is 0 Å². The topological polar surface area (TPSA) is 137 Å². The third-order valence-corrected chi connectivity index (χ3v) is 5.05. The lowest BCUT2D eigenvalue weighted by Gasteiger charge is -2.39. The average Bonchev–Trinajstić information content (AvgIpc) is 3.11. The van der Waals surface area contributed by atoms with E-state index in [0.717, 1.165) is 22.6 Å². The highest BCUT2D eigenvalue weighted by atomic mass is 16.7. The number of nitrogens with zero attached hydrogens (tertiary/aromatic N) is 1. The maximum absolute atomic E-state index is 10.2. The quantitative estimate of drug-likeness (QED) is 0.441. The van der Waals surface area contributed by atoms with Crippen molar-refractivity contribution in [3.63, 3.8) is 0 Å². The molecule has 160 valence electrons. The lowest BCUT2D eigenvalue weighted by molar-refractivity contribution is -0.278. The van der Waals surface area contributed by atoms with E-state index in [0.29, 0.717) is 6.42 Å². The number of aromatic amines is 1. The molecule has 0 unspecified atom stereocenters. The van der Waals surface area contributed by atoms with Crippen molar-refractivity contribution in [1.82, 2.24) is 10.2 Å². The molecule has 0 radical (unpaired) electrons. The van der Waals surface area contributed by atoms with Crippen LogP contribution in [0.2, 0.25) is 0 Å². The first kappa shape index (κ1) is 21.5. The molecule has 2 aromatic rings. The van der Waals surface area contributed by atoms with Gasteiger partial charge in [-0.05, 0) is 23.6 Å². The molecule has 1 aliphatic heterocycles. The molecule has 29 heavy (non-hydrogen) atoms. The zero-order valence-corrected chi connectivity index (χ0v) is 16.6. The molecule has 9 heteroatoms. The Balaban J connectivity index is 1.85. The SMILES string of the molecule is COc1ccc(Cc2c(O[C@@H]3O[C@H](CO)[C@@H](O)[C@H](O)[C@H]3O)n[nH]c2C(C)C)cc1. The summed E-state index contributed by atoms with van der Waals surface area (Å²) in [7, 11) is 1.61. The summed E-state index contributed by atoms with van der Waals surface area (Å²) in [4.78, 5) is 0. The summed E-state index contributed by atoms with van der Waals surface area (Å²) < 4.78 is 16.4. The molecule has 2 heterocycles. The van der Waals surface area contributed by atoms with Gasteiger partial charge < -0.3 is 34.6 Å². The monoisotopic (exact) mass is 408 g/mol. The van der Waals surface area contributed by atoms with Crippen LogP contribution in [0.25, 0.3) is 0 Å². The molecule has 1 aliphatic rings. The number of aromatic nitrogens is 2. The van der Waals surface area contributed by atoms with E-state index >= 15 is 0 Å². The van der Waals surface area contributed by atoms with E-state index in [1.54, 1.807) is 7.11 Å². The average molecular weight is 408 g/mol. The molecule has 3 rings (SSSR count). The molecule has 1 aromatic carbocycles. The Hall–Kier alpha value is -2.17. The van der Waals surface area contributed by atoms with Crippen molar-refractivity contribution >= 4 is 0 Å². The van der Waals surface area contributed by atoms with Crippen LogP contribution in [0.1, 0.15) is 36.6 Å². The highest BCUT2D eigenvalue weighted by molar-refractivity contribution is 5.39. The van der Waals surface area contributed by atoms with Crippen LogP contribution >= 0.6 is 0 Å². The van der Waals surface area contributed by atoms with Crippen molar-refractivity contribution in [1.29, 1.82) is 0 Å². The van der Waals surface area contributed by atoms with Crippen LogP contribution < -0.4 is 9.47 Å². The predicted octanol–water partition coefficient (Wildman–Crippen LogP) is 0.311. The molecule has 1 aromatic heterocycles. The van der Waals surface area contributed by atoms with Gasteiger partial charge in [0.1, 0.15) is 30.2 Å². The summed E-state index contributed by atoms with van der Waals surface area (Å²) >= 11 is 0. The van der Waals surface area contributed by atoms with Crippen LogP contribution in [0.4, 0.5) is 0 Å². The van der Waals surface area contributed by atoms with E-state index in [-0.39, 0.29) is 11.8 Å². The number of methoxy groups -OCH3 is 1. The number of rotatable bonds is 7. The molecule has 0 spiro atoms. The molecule has 1 fully saturated rings. The Labute approximate surface area is 168 Å². The van der Waals surface area contributed by atoms with Gasteiger partial charge in [0.05, 0.1) is 13.7 Å². The van der Waals surface area contributed by atoms with Gasteiger partial charge >= 0.3 is 0 Å². The molecule has 0 aliphatic carbocycles. The van der Waals surface area contributed by atoms with E-state index in [1.807, 2.05) is 38.1 Å². The summed E-state index contributed by atoms with van der Waals surface area (Å²) in [6.45, 7) is 3.51. The Morgan fingerprint density at radius 2 is 1.79 bits per heavy atom. The lowest BCUT2D eigenvalue weighted by atomic mass is 9.98. The highest BCUT2D eigenvalue weighted by Gasteiger charge is 2.45. The number of aliphatic hydroxyl groups is 4. The van der Waals surface area contributed by atoms with E-state index in [1.165, 1.54) is 0 Å². The predicted molar refractivity (Wildman–Crippen MR) is 103 cm³/mol. The minimum atomic E-state index is -1.51. The summed E-state index contributed by atoms with van der Waals surface area (Å²) in [6, 6.07) is 7.60. The van der Waals surface area contributed by atoms with Gasteiger partial charge in [-0.1, -0.05) is 26.0 Å². The van der Waals surface area contributed by atoms with Crippen LogP contribution in [-0.4, -0.2) is 75.0 Å². The Bertz CT molecular complexity index is 791. The number of aliphatic hydroxyl groups excluding tert-OH is 4. The first-order valence-corrected chi connectivity index (χ1v) is 9.53. The number of benzene rings is 1. The van der Waals surface area contributed by atoms with E-state index in [9.17, 15) is 20.4 Å². The fourth-order valence-corrected chi connectivity index (χ4v) is 3.33. The molecule has 0 saturated carbocycles. The third-order valence-electron chi connectivity index (χ3n) is 5.05. The first-order chi connectivity index (χ1) is 13.8. The minimum Gasteiger partial charge on any atom is -0.497 e. The van der Waals surface area contributed by atoms with Gasteiger partial charge in [-0.15, -0.1) is 5.10 Å². The van der Waals surface area contributed by atoms with Crippen LogP contribution in [-0.2, 0) is 11.2 Å². The van der Waals surface area contributed by atoms with Gasteiger partial charge in [0.2, 0.25) is 12.2 Å². The lowest BCUT2D eigenvalue weighted by Crippen LogP contribution is -2.60. The summed E-state index contributed by atoms with van der Waals surface area (Å²) in [5.41, 5.74) is 2.68. The first-order valence-electron chi connectivity index (χ1n) is 9.53. The summed E-state index contributed by atoms with van der Waals surface area (Å²) in [5.74, 6) is 1.12. The molecule has 9 nitrogen and oxygen atoms in total. The standard InChI is InChI=1S/C20H28N2O7/c1-10(2)15-13(8-11-4-6-12(27-3)7-5-11)19(22-21-15)29-20-18(26)17(25)16(24)14(9-23)28-20/h4-7,10,14,16-18,20,23-26H,8-9H2,1-3H3,(H,21,22)/t14-,16-,17+,18-,20+/m1/s1. The molecular formula is C20H28N2O7. The fourth-order valence-electron chi connectivity index (χ4n) is 3.33. The van der Waals surface area contributed by atoms with Gasteiger partial charge in [0, 0.05) is 17.7 Å². The van der Waals surface area contributed by atoms with Crippen molar-refractivity contribution in [2.45, 2.75) is 56.9 Å². The van der Waals surface area contributed by atoms with Gasteiger partial charge in [-0.2, -0.15) is 0 Å². The molecule has 5 N–H and O–H groups in total. The van der Waals surface area contributed by atoms with E-state index < -0.39 is 37.3 Å². The second kappa shape index (κ2) is 9.10. The van der Waals surface area contributed by atoms with Crippen LogP contribution in [0.5, 0.6) is 11.6 Å². The number of ether oxygens (including phenoxy) is 3. The number of hydrogen-bond donors (Lipinski definition) is 5. The van der Waals surface area contributed by atoms with Crippen molar-refractivity contribution in [3.05, 3.63) is 41.1 Å². The molecule has 0 bridgehead atoms. The third kappa shape index (κ3) is 4.54. The van der Waals surface area contributed by atoms with Gasteiger partial charge in [-0.3, -0.25) is 5.10 Å². The van der Waals surface area contributed by atoms with Crippen molar-refractivity contribution in [3.8, 4) is 11.6 Å². The van der Waals surface area contributed by atoms with Crippen molar-refractivity contribution in [2.75, 3.05) is 13.7 Å². The maximum atomic E-state index is 10.2. The molecule has 1 saturated heterocycles. The van der Waals surface area contributed by atoms with E-state index in [4.69, 9.17) is 14.2 Å². The van der Waals surface area contributed by atoms with Crippen molar-refractivity contribution < 1.29 is 34.6 Å². The van der Waals surface area contributed by atoms with Crippen LogP contribution in [0, 0.1) is 0 Å². The minimum absolute atomic E-state index is 0.142. The number of H-pyrrole nitrogens is 1. The van der Waals surface area contributed by atoms with Crippen LogP contribution in [0.3, 0.4) is 0 Å². The Morgan fingerprint density at radius 1 is 1.10 bits per heavy atom. The smallest absolute Gasteiger partial charge is 0.238 e. The number of nitrogens with one attached hydrogen (secondary N) is 1.